The van der Waals surface area contributed by atoms with Crippen LogP contribution in [0.2, 0.25) is 0 Å². The third-order valence-electron chi connectivity index (χ3n) is 3.10. The summed E-state index contributed by atoms with van der Waals surface area (Å²) in [6.45, 7) is 1.01. The van der Waals surface area contributed by atoms with Crippen molar-refractivity contribution in [2.24, 2.45) is 0 Å². The van der Waals surface area contributed by atoms with Gasteiger partial charge in [0.2, 0.25) is 0 Å². The minimum atomic E-state index is -0.778. The fourth-order valence-electron chi connectivity index (χ4n) is 1.88. The second kappa shape index (κ2) is 7.32. The van der Waals surface area contributed by atoms with Crippen molar-refractivity contribution < 1.29 is 23.6 Å². The zero-order valence-corrected chi connectivity index (χ0v) is 12.6. The number of nitro groups is 1. The first kappa shape index (κ1) is 17.1. The number of carbonyl (C=O) groups is 2. The number of carbonyl (C=O) groups excluding carboxylic acids is 2. The summed E-state index contributed by atoms with van der Waals surface area (Å²) in [7, 11) is 0. The lowest BCUT2D eigenvalue weighted by atomic mass is 10.2. The molecule has 1 N–H and O–H groups in total. The summed E-state index contributed by atoms with van der Waals surface area (Å²) in [5, 5.41) is 13.3. The zero-order chi connectivity index (χ0) is 17.7. The van der Waals surface area contributed by atoms with Gasteiger partial charge in [-0.1, -0.05) is 6.07 Å². The van der Waals surface area contributed by atoms with Crippen molar-refractivity contribution in [3.63, 3.8) is 0 Å². The minimum absolute atomic E-state index is 0.107. The summed E-state index contributed by atoms with van der Waals surface area (Å²) < 4.78 is 17.6. The Bertz CT molecular complexity index is 790. The zero-order valence-electron chi connectivity index (χ0n) is 12.6. The van der Waals surface area contributed by atoms with Gasteiger partial charge in [-0.2, -0.15) is 0 Å². The molecule has 0 bridgehead atoms. The molecular formula is C16H13FN2O5. The predicted octanol–water partition coefficient (Wildman–Crippen LogP) is 2.84. The van der Waals surface area contributed by atoms with Crippen molar-refractivity contribution in [3.8, 4) is 0 Å². The van der Waals surface area contributed by atoms with Crippen molar-refractivity contribution in [1.82, 2.24) is 0 Å². The van der Waals surface area contributed by atoms with Crippen molar-refractivity contribution in [2.45, 2.75) is 6.92 Å². The van der Waals surface area contributed by atoms with E-state index in [4.69, 9.17) is 4.74 Å². The van der Waals surface area contributed by atoms with E-state index >= 15 is 0 Å². The summed E-state index contributed by atoms with van der Waals surface area (Å²) >= 11 is 0. The highest BCUT2D eigenvalue weighted by atomic mass is 19.1. The molecule has 0 spiro atoms. The molecule has 0 unspecified atom stereocenters. The summed E-state index contributed by atoms with van der Waals surface area (Å²) in [5.41, 5.74) is 0.655. The molecule has 0 fully saturated rings. The van der Waals surface area contributed by atoms with E-state index < -0.39 is 29.2 Å². The smallest absolute Gasteiger partial charge is 0.338 e. The molecule has 0 aromatic heterocycles. The molecule has 0 aliphatic carbocycles. The standard InChI is InChI=1S/C16H13FN2O5/c1-10-2-7-13(8-14(10)19(22)23)18-15(20)9-24-16(21)11-3-5-12(17)6-4-11/h2-8H,9H2,1H3,(H,18,20). The lowest BCUT2D eigenvalue weighted by Gasteiger charge is -2.07. The average Bonchev–Trinajstić information content (AvgIpc) is 2.55. The number of nitrogens with zero attached hydrogens (tertiary/aromatic N) is 1. The highest BCUT2D eigenvalue weighted by molar-refractivity contribution is 5.95. The number of esters is 1. The van der Waals surface area contributed by atoms with E-state index in [-0.39, 0.29) is 16.9 Å². The topological polar surface area (TPSA) is 98.5 Å². The molecule has 0 radical (unpaired) electrons. The van der Waals surface area contributed by atoms with Gasteiger partial charge in [0.15, 0.2) is 6.61 Å². The van der Waals surface area contributed by atoms with Crippen LogP contribution in [0, 0.1) is 22.9 Å². The van der Waals surface area contributed by atoms with Crippen LogP contribution in [0.15, 0.2) is 42.5 Å². The molecule has 24 heavy (non-hydrogen) atoms. The highest BCUT2D eigenvalue weighted by Crippen LogP contribution is 2.22. The third-order valence-corrected chi connectivity index (χ3v) is 3.10. The lowest BCUT2D eigenvalue weighted by molar-refractivity contribution is -0.385. The van der Waals surface area contributed by atoms with E-state index in [2.05, 4.69) is 5.32 Å². The maximum absolute atomic E-state index is 12.8. The highest BCUT2D eigenvalue weighted by Gasteiger charge is 2.14. The molecule has 124 valence electrons. The van der Waals surface area contributed by atoms with Crippen LogP contribution >= 0.6 is 0 Å². The Balaban J connectivity index is 1.94. The van der Waals surface area contributed by atoms with Gasteiger partial charge in [-0.25, -0.2) is 9.18 Å². The fraction of sp³-hybridized carbons (Fsp3) is 0.125. The Morgan fingerprint density at radius 1 is 1.21 bits per heavy atom. The molecule has 0 saturated carbocycles. The van der Waals surface area contributed by atoms with Gasteiger partial charge in [-0.3, -0.25) is 14.9 Å². The number of nitrogens with one attached hydrogen (secondary N) is 1. The Labute approximate surface area is 136 Å². The molecule has 2 aromatic carbocycles. The van der Waals surface area contributed by atoms with Gasteiger partial charge in [0.1, 0.15) is 5.82 Å². The normalized spacial score (nSPS) is 10.1. The summed E-state index contributed by atoms with van der Waals surface area (Å²) in [5.74, 6) is -1.92. The Morgan fingerprint density at radius 3 is 2.50 bits per heavy atom. The van der Waals surface area contributed by atoms with Crippen LogP contribution in [-0.2, 0) is 9.53 Å². The number of hydrogen-bond acceptors (Lipinski definition) is 5. The lowest BCUT2D eigenvalue weighted by Crippen LogP contribution is -2.21. The largest absolute Gasteiger partial charge is 0.452 e. The van der Waals surface area contributed by atoms with Crippen molar-refractivity contribution in [3.05, 3.63) is 69.5 Å². The van der Waals surface area contributed by atoms with Crippen LogP contribution in [0.1, 0.15) is 15.9 Å². The Morgan fingerprint density at radius 2 is 1.88 bits per heavy atom. The number of amides is 1. The molecular weight excluding hydrogens is 319 g/mol. The SMILES string of the molecule is Cc1ccc(NC(=O)COC(=O)c2ccc(F)cc2)cc1[N+](=O)[O-]. The van der Waals surface area contributed by atoms with Gasteiger partial charge in [0.05, 0.1) is 10.5 Å². The molecule has 0 aliphatic rings. The molecule has 1 amide bonds. The van der Waals surface area contributed by atoms with Gasteiger partial charge in [0, 0.05) is 17.3 Å². The average molecular weight is 332 g/mol. The van der Waals surface area contributed by atoms with Crippen molar-refractivity contribution >= 4 is 23.3 Å². The minimum Gasteiger partial charge on any atom is -0.452 e. The van der Waals surface area contributed by atoms with Crippen molar-refractivity contribution in [2.75, 3.05) is 11.9 Å². The first-order valence-electron chi connectivity index (χ1n) is 6.84. The maximum Gasteiger partial charge on any atom is 0.338 e. The molecule has 0 saturated heterocycles. The predicted molar refractivity (Wildman–Crippen MR) is 83.1 cm³/mol. The number of rotatable bonds is 5. The fourth-order valence-corrected chi connectivity index (χ4v) is 1.88. The van der Waals surface area contributed by atoms with E-state index in [1.54, 1.807) is 6.92 Å². The summed E-state index contributed by atoms with van der Waals surface area (Å²) in [6.07, 6.45) is 0. The van der Waals surface area contributed by atoms with Gasteiger partial charge >= 0.3 is 5.97 Å². The number of nitro benzene ring substituents is 1. The summed E-state index contributed by atoms with van der Waals surface area (Å²) in [6, 6.07) is 8.89. The van der Waals surface area contributed by atoms with E-state index in [0.29, 0.717) is 5.56 Å². The molecule has 8 heteroatoms. The van der Waals surface area contributed by atoms with Crippen LogP contribution in [0.5, 0.6) is 0 Å². The first-order valence-corrected chi connectivity index (χ1v) is 6.84. The third kappa shape index (κ3) is 4.35. The number of benzene rings is 2. The number of halogens is 1. The summed E-state index contributed by atoms with van der Waals surface area (Å²) in [4.78, 5) is 33.7. The molecule has 2 rings (SSSR count). The first-order chi connectivity index (χ1) is 11.4. The van der Waals surface area contributed by atoms with Crippen LogP contribution in [0.4, 0.5) is 15.8 Å². The van der Waals surface area contributed by atoms with Crippen LogP contribution in [0.25, 0.3) is 0 Å². The monoisotopic (exact) mass is 332 g/mol. The van der Waals surface area contributed by atoms with Crippen LogP contribution in [0.3, 0.4) is 0 Å². The van der Waals surface area contributed by atoms with Crippen LogP contribution < -0.4 is 5.32 Å². The number of hydrogen-bond donors (Lipinski definition) is 1. The van der Waals surface area contributed by atoms with Gasteiger partial charge in [0.25, 0.3) is 11.6 Å². The van der Waals surface area contributed by atoms with E-state index in [9.17, 15) is 24.1 Å². The van der Waals surface area contributed by atoms with E-state index in [1.807, 2.05) is 0 Å². The quantitative estimate of drug-likeness (QED) is 0.516. The molecule has 7 nitrogen and oxygen atoms in total. The number of aryl methyl sites for hydroxylation is 1. The van der Waals surface area contributed by atoms with Gasteiger partial charge in [-0.05, 0) is 37.3 Å². The second-order valence-electron chi connectivity index (χ2n) is 4.89. The number of ether oxygens (including phenoxy) is 1. The molecule has 2 aromatic rings. The van der Waals surface area contributed by atoms with Gasteiger partial charge < -0.3 is 10.1 Å². The van der Waals surface area contributed by atoms with Crippen LogP contribution in [-0.4, -0.2) is 23.4 Å². The number of anilines is 1. The van der Waals surface area contributed by atoms with Gasteiger partial charge in [-0.15, -0.1) is 0 Å². The van der Waals surface area contributed by atoms with E-state index in [0.717, 1.165) is 12.1 Å². The molecule has 0 atom stereocenters. The Kier molecular flexibility index (Phi) is 5.20. The van der Waals surface area contributed by atoms with E-state index in [1.165, 1.54) is 30.3 Å². The van der Waals surface area contributed by atoms with Crippen molar-refractivity contribution in [1.29, 1.82) is 0 Å². The molecule has 0 heterocycles. The second-order valence-corrected chi connectivity index (χ2v) is 4.89. The Hall–Kier alpha value is -3.29. The molecule has 0 aliphatic heterocycles. The maximum atomic E-state index is 12.8.